The molecule has 1 atom stereocenters. The first kappa shape index (κ1) is 16.8. The Morgan fingerprint density at radius 3 is 2.78 bits per heavy atom. The van der Waals surface area contributed by atoms with Gasteiger partial charge in [0, 0.05) is 12.8 Å². The number of sulfonamides is 1. The van der Waals surface area contributed by atoms with Crippen LogP contribution in [0.25, 0.3) is 0 Å². The smallest absolute Gasteiger partial charge is 0.243 e. The molecule has 0 fully saturated rings. The number of hydrogen-bond donors (Lipinski definition) is 1. The molecule has 0 bridgehead atoms. The van der Waals surface area contributed by atoms with Crippen molar-refractivity contribution < 1.29 is 16.8 Å². The lowest BCUT2D eigenvalue weighted by Crippen LogP contribution is -2.33. The van der Waals surface area contributed by atoms with Crippen molar-refractivity contribution in [2.45, 2.75) is 34.5 Å². The van der Waals surface area contributed by atoms with E-state index in [4.69, 9.17) is 11.6 Å². The van der Waals surface area contributed by atoms with Gasteiger partial charge in [-0.1, -0.05) is 11.6 Å². The molecular formula is C11H13ClN4O4S3. The highest BCUT2D eigenvalue weighted by atomic mass is 35.5. The predicted molar refractivity (Wildman–Crippen MR) is 84.8 cm³/mol. The summed E-state index contributed by atoms with van der Waals surface area (Å²) in [6.07, 6.45) is 3.72. The van der Waals surface area contributed by atoms with E-state index in [1.807, 2.05) is 0 Å². The van der Waals surface area contributed by atoms with Crippen molar-refractivity contribution in [1.82, 2.24) is 19.5 Å². The molecule has 23 heavy (non-hydrogen) atoms. The average molecular weight is 397 g/mol. The van der Waals surface area contributed by atoms with E-state index in [-0.39, 0.29) is 13.4 Å². The van der Waals surface area contributed by atoms with Crippen molar-refractivity contribution in [3.8, 4) is 0 Å². The van der Waals surface area contributed by atoms with Crippen LogP contribution in [0.2, 0.25) is 4.34 Å². The Kier molecular flexibility index (Phi) is 4.25. The Labute approximate surface area is 142 Å². The van der Waals surface area contributed by atoms with E-state index in [1.54, 1.807) is 4.68 Å². The Morgan fingerprint density at radius 2 is 2.13 bits per heavy atom. The molecule has 1 N–H and O–H groups in total. The molecule has 0 radical (unpaired) electrons. The maximum Gasteiger partial charge on any atom is 0.243 e. The van der Waals surface area contributed by atoms with E-state index in [0.717, 1.165) is 30.1 Å². The lowest BCUT2D eigenvalue weighted by Gasteiger charge is -2.22. The normalized spacial score (nSPS) is 18.8. The van der Waals surface area contributed by atoms with Crippen LogP contribution in [0.15, 0.2) is 21.5 Å². The topological polar surface area (TPSA) is 111 Å². The summed E-state index contributed by atoms with van der Waals surface area (Å²) in [7, 11) is -7.49. The summed E-state index contributed by atoms with van der Waals surface area (Å²) in [5.74, 6) is 0.537. The van der Waals surface area contributed by atoms with Gasteiger partial charge in [0.25, 0.3) is 0 Å². The van der Waals surface area contributed by atoms with Crippen molar-refractivity contribution in [3.05, 3.63) is 22.6 Å². The maximum atomic E-state index is 12.6. The fourth-order valence-electron chi connectivity index (χ4n) is 2.35. The quantitative estimate of drug-likeness (QED) is 0.831. The van der Waals surface area contributed by atoms with Crippen molar-refractivity contribution in [2.75, 3.05) is 6.26 Å². The van der Waals surface area contributed by atoms with Crippen LogP contribution in [0.3, 0.4) is 0 Å². The van der Waals surface area contributed by atoms with Crippen LogP contribution < -0.4 is 4.72 Å². The van der Waals surface area contributed by atoms with Crippen LogP contribution in [-0.4, -0.2) is 37.9 Å². The number of aryl methyl sites for hydroxylation is 1. The van der Waals surface area contributed by atoms with E-state index < -0.39 is 25.9 Å². The third-order valence-corrected chi connectivity index (χ3v) is 8.30. The molecule has 2 aromatic heterocycles. The third-order valence-electron chi connectivity index (χ3n) is 3.41. The molecule has 0 saturated heterocycles. The Balaban J connectivity index is 1.94. The van der Waals surface area contributed by atoms with Crippen molar-refractivity contribution in [1.29, 1.82) is 0 Å². The van der Waals surface area contributed by atoms with Crippen LogP contribution in [0.4, 0.5) is 0 Å². The minimum absolute atomic E-state index is 0.0878. The highest BCUT2D eigenvalue weighted by molar-refractivity contribution is 7.93. The number of sulfone groups is 1. The molecule has 3 heterocycles. The molecule has 2 aromatic rings. The lowest BCUT2D eigenvalue weighted by atomic mass is 10.1. The molecule has 1 aliphatic heterocycles. The Bertz CT molecular complexity index is 948. The van der Waals surface area contributed by atoms with Gasteiger partial charge < -0.3 is 0 Å². The number of rotatable bonds is 4. The van der Waals surface area contributed by atoms with Gasteiger partial charge in [0.1, 0.15) is 25.6 Å². The standard InChI is InChI=1S/C11H13ClN4O4S3/c1-22(17,18)9-5-8(10(12)21-9)23(19,20)15-7-3-2-4-16-11(7)13-6-14-16/h5-7,15H,2-4H2,1H3/t7-/m0/s1. The zero-order valence-electron chi connectivity index (χ0n) is 11.9. The summed E-state index contributed by atoms with van der Waals surface area (Å²) in [5, 5.41) is 4.03. The van der Waals surface area contributed by atoms with Gasteiger partial charge in [0.15, 0.2) is 9.84 Å². The first-order valence-electron chi connectivity index (χ1n) is 6.58. The molecule has 12 heteroatoms. The summed E-state index contributed by atoms with van der Waals surface area (Å²) in [6, 6.07) is 0.562. The van der Waals surface area contributed by atoms with E-state index in [9.17, 15) is 16.8 Å². The molecule has 1 aliphatic rings. The zero-order chi connectivity index (χ0) is 16.8. The summed E-state index contributed by atoms with van der Waals surface area (Å²) in [5.41, 5.74) is 0. The largest absolute Gasteiger partial charge is 0.248 e. The molecule has 126 valence electrons. The summed E-state index contributed by atoms with van der Waals surface area (Å²) >= 11 is 6.66. The lowest BCUT2D eigenvalue weighted by molar-refractivity contribution is 0.400. The highest BCUT2D eigenvalue weighted by Gasteiger charge is 2.30. The molecule has 3 rings (SSSR count). The molecule has 0 spiro atoms. The van der Waals surface area contributed by atoms with Crippen molar-refractivity contribution >= 4 is 42.8 Å². The Hall–Kier alpha value is -1.01. The number of fused-ring (bicyclic) bond motifs is 1. The van der Waals surface area contributed by atoms with Crippen LogP contribution in [0, 0.1) is 0 Å². The maximum absolute atomic E-state index is 12.6. The van der Waals surface area contributed by atoms with Gasteiger partial charge in [0.05, 0.1) is 6.04 Å². The first-order chi connectivity index (χ1) is 10.7. The number of thiophene rings is 1. The fourth-order valence-corrected chi connectivity index (χ4v) is 6.61. The summed E-state index contributed by atoms with van der Waals surface area (Å²) in [6.45, 7) is 0.686. The molecule has 0 unspecified atom stereocenters. The third kappa shape index (κ3) is 3.29. The van der Waals surface area contributed by atoms with E-state index in [2.05, 4.69) is 14.8 Å². The number of halogens is 1. The van der Waals surface area contributed by atoms with Crippen molar-refractivity contribution in [2.24, 2.45) is 0 Å². The van der Waals surface area contributed by atoms with Crippen LogP contribution >= 0.6 is 22.9 Å². The molecule has 8 nitrogen and oxygen atoms in total. The van der Waals surface area contributed by atoms with E-state index >= 15 is 0 Å². The van der Waals surface area contributed by atoms with E-state index in [1.165, 1.54) is 6.33 Å². The van der Waals surface area contributed by atoms with Crippen molar-refractivity contribution in [3.63, 3.8) is 0 Å². The van der Waals surface area contributed by atoms with Gasteiger partial charge in [-0.2, -0.15) is 5.10 Å². The van der Waals surface area contributed by atoms with E-state index in [0.29, 0.717) is 18.8 Å². The minimum Gasteiger partial charge on any atom is -0.248 e. The number of nitrogens with one attached hydrogen (secondary N) is 1. The van der Waals surface area contributed by atoms with Gasteiger partial charge in [-0.25, -0.2) is 31.2 Å². The second-order valence-corrected chi connectivity index (χ2v) is 10.7. The van der Waals surface area contributed by atoms with Gasteiger partial charge in [-0.05, 0) is 18.9 Å². The van der Waals surface area contributed by atoms with Gasteiger partial charge >= 0.3 is 0 Å². The number of hydrogen-bond acceptors (Lipinski definition) is 7. The van der Waals surface area contributed by atoms with Gasteiger partial charge in [-0.15, -0.1) is 11.3 Å². The summed E-state index contributed by atoms with van der Waals surface area (Å²) < 4.78 is 52.2. The molecule has 0 aliphatic carbocycles. The monoisotopic (exact) mass is 396 g/mol. The molecule has 0 saturated carbocycles. The minimum atomic E-state index is -3.97. The Morgan fingerprint density at radius 1 is 1.39 bits per heavy atom. The molecular weight excluding hydrogens is 384 g/mol. The second kappa shape index (κ2) is 5.81. The van der Waals surface area contributed by atoms with Crippen LogP contribution in [-0.2, 0) is 26.4 Å². The fraction of sp³-hybridized carbons (Fsp3) is 0.455. The van der Waals surface area contributed by atoms with Crippen LogP contribution in [0.1, 0.15) is 24.7 Å². The predicted octanol–water partition coefficient (Wildman–Crippen LogP) is 1.21. The highest BCUT2D eigenvalue weighted by Crippen LogP contribution is 2.35. The number of aromatic nitrogens is 3. The van der Waals surface area contributed by atoms with Gasteiger partial charge in [0.2, 0.25) is 10.0 Å². The SMILES string of the molecule is CS(=O)(=O)c1cc(S(=O)(=O)N[C@H]2CCCn3ncnc32)c(Cl)s1. The molecule has 0 aromatic carbocycles. The van der Waals surface area contributed by atoms with Crippen LogP contribution in [0.5, 0.6) is 0 Å². The second-order valence-electron chi connectivity index (χ2n) is 5.13. The summed E-state index contributed by atoms with van der Waals surface area (Å²) in [4.78, 5) is 3.85. The number of nitrogens with zero attached hydrogens (tertiary/aromatic N) is 3. The average Bonchev–Trinajstić information content (AvgIpc) is 3.04. The zero-order valence-corrected chi connectivity index (χ0v) is 15.1. The van der Waals surface area contributed by atoms with Gasteiger partial charge in [-0.3, -0.25) is 0 Å². The first-order valence-corrected chi connectivity index (χ1v) is 11.1. The molecule has 0 amide bonds.